The van der Waals surface area contributed by atoms with Gasteiger partial charge in [-0.2, -0.15) is 0 Å². The van der Waals surface area contributed by atoms with Gasteiger partial charge in [0.25, 0.3) is 5.91 Å². The zero-order valence-electron chi connectivity index (χ0n) is 13.0. The van der Waals surface area contributed by atoms with Gasteiger partial charge in [-0.1, -0.05) is 35.5 Å². The second-order valence-corrected chi connectivity index (χ2v) is 5.38. The third kappa shape index (κ3) is 3.51. The second-order valence-electron chi connectivity index (χ2n) is 5.38. The van der Waals surface area contributed by atoms with E-state index in [1.165, 1.54) is 0 Å². The molecule has 0 atom stereocenters. The van der Waals surface area contributed by atoms with E-state index in [4.69, 9.17) is 4.52 Å². The van der Waals surface area contributed by atoms with Gasteiger partial charge in [-0.05, 0) is 25.5 Å². The first-order valence-electron chi connectivity index (χ1n) is 7.66. The Bertz CT molecular complexity index is 761. The predicted molar refractivity (Wildman–Crippen MR) is 88.1 cm³/mol. The fraction of sp³-hybridized carbons (Fsp3) is 0.222. The molecule has 0 saturated carbocycles. The molecule has 0 aliphatic carbocycles. The van der Waals surface area contributed by atoms with Crippen molar-refractivity contribution in [3.05, 3.63) is 66.1 Å². The Kier molecular flexibility index (Phi) is 4.57. The minimum atomic E-state index is -0.194. The van der Waals surface area contributed by atoms with E-state index in [9.17, 15) is 4.79 Å². The summed E-state index contributed by atoms with van der Waals surface area (Å²) in [7, 11) is 0. The standard InChI is InChI=1S/C18H19N3O2/c1-14-16(20-23-17(14)15-8-3-2-4-9-15)18(22)19-10-7-13-21-11-5-6-12-21/h2-6,8-9,11-12H,7,10,13H2,1H3,(H,19,22). The summed E-state index contributed by atoms with van der Waals surface area (Å²) >= 11 is 0. The summed E-state index contributed by atoms with van der Waals surface area (Å²) in [5.41, 5.74) is 2.04. The number of aromatic nitrogens is 2. The SMILES string of the molecule is Cc1c(C(=O)NCCCn2cccc2)noc1-c1ccccc1. The van der Waals surface area contributed by atoms with Crippen molar-refractivity contribution in [3.63, 3.8) is 0 Å². The highest BCUT2D eigenvalue weighted by Gasteiger charge is 2.19. The summed E-state index contributed by atoms with van der Waals surface area (Å²) in [5.74, 6) is 0.448. The quantitative estimate of drug-likeness (QED) is 0.711. The molecule has 0 aliphatic heterocycles. The minimum absolute atomic E-state index is 0.194. The number of carbonyl (C=O) groups excluding carboxylic acids is 1. The number of amides is 1. The number of rotatable bonds is 6. The first kappa shape index (κ1) is 15.1. The molecule has 23 heavy (non-hydrogen) atoms. The summed E-state index contributed by atoms with van der Waals surface area (Å²) in [5, 5.41) is 6.82. The van der Waals surface area contributed by atoms with Gasteiger partial charge in [-0.25, -0.2) is 0 Å². The Morgan fingerprint density at radius 3 is 2.65 bits per heavy atom. The lowest BCUT2D eigenvalue weighted by atomic mass is 10.1. The largest absolute Gasteiger partial charge is 0.355 e. The molecule has 118 valence electrons. The number of benzene rings is 1. The van der Waals surface area contributed by atoms with E-state index in [0.717, 1.165) is 24.1 Å². The van der Waals surface area contributed by atoms with Gasteiger partial charge in [0.15, 0.2) is 11.5 Å². The van der Waals surface area contributed by atoms with Gasteiger partial charge < -0.3 is 14.4 Å². The zero-order chi connectivity index (χ0) is 16.1. The molecular formula is C18H19N3O2. The van der Waals surface area contributed by atoms with Crippen LogP contribution in [0.4, 0.5) is 0 Å². The lowest BCUT2D eigenvalue weighted by molar-refractivity contribution is 0.0943. The van der Waals surface area contributed by atoms with Crippen molar-refractivity contribution in [3.8, 4) is 11.3 Å². The molecule has 1 amide bonds. The molecule has 2 heterocycles. The molecule has 1 aromatic carbocycles. The van der Waals surface area contributed by atoms with Crippen LogP contribution in [-0.2, 0) is 6.54 Å². The van der Waals surface area contributed by atoms with Gasteiger partial charge in [0, 0.05) is 36.6 Å². The minimum Gasteiger partial charge on any atom is -0.355 e. The van der Waals surface area contributed by atoms with Crippen LogP contribution in [0.25, 0.3) is 11.3 Å². The Balaban J connectivity index is 1.58. The summed E-state index contributed by atoms with van der Waals surface area (Å²) in [6.45, 7) is 3.33. The monoisotopic (exact) mass is 309 g/mol. The predicted octanol–water partition coefficient (Wildman–Crippen LogP) is 3.27. The van der Waals surface area contributed by atoms with Crippen LogP contribution in [0.1, 0.15) is 22.5 Å². The zero-order valence-corrected chi connectivity index (χ0v) is 13.0. The van der Waals surface area contributed by atoms with Gasteiger partial charge in [0.1, 0.15) is 0 Å². The first-order valence-corrected chi connectivity index (χ1v) is 7.66. The maximum atomic E-state index is 12.2. The van der Waals surface area contributed by atoms with Crippen molar-refractivity contribution in [2.45, 2.75) is 19.9 Å². The van der Waals surface area contributed by atoms with Crippen molar-refractivity contribution >= 4 is 5.91 Å². The van der Waals surface area contributed by atoms with Crippen LogP contribution in [0.5, 0.6) is 0 Å². The third-order valence-corrected chi connectivity index (χ3v) is 3.72. The van der Waals surface area contributed by atoms with E-state index in [1.54, 1.807) is 0 Å². The topological polar surface area (TPSA) is 60.1 Å². The van der Waals surface area contributed by atoms with E-state index in [1.807, 2.05) is 61.8 Å². The Morgan fingerprint density at radius 1 is 1.17 bits per heavy atom. The summed E-state index contributed by atoms with van der Waals surface area (Å²) < 4.78 is 7.44. The number of hydrogen-bond donors (Lipinski definition) is 1. The first-order chi connectivity index (χ1) is 11.3. The number of aryl methyl sites for hydroxylation is 1. The smallest absolute Gasteiger partial charge is 0.273 e. The van der Waals surface area contributed by atoms with Crippen LogP contribution < -0.4 is 5.32 Å². The van der Waals surface area contributed by atoms with E-state index >= 15 is 0 Å². The molecule has 0 aliphatic rings. The van der Waals surface area contributed by atoms with Crippen molar-refractivity contribution in [1.82, 2.24) is 15.0 Å². The molecule has 2 aromatic heterocycles. The maximum Gasteiger partial charge on any atom is 0.273 e. The molecule has 1 N–H and O–H groups in total. The van der Waals surface area contributed by atoms with Crippen LogP contribution in [0.2, 0.25) is 0 Å². The van der Waals surface area contributed by atoms with E-state index in [0.29, 0.717) is 18.0 Å². The highest BCUT2D eigenvalue weighted by molar-refractivity contribution is 5.94. The summed E-state index contributed by atoms with van der Waals surface area (Å²) in [4.78, 5) is 12.2. The number of hydrogen-bond acceptors (Lipinski definition) is 3. The Labute approximate surface area is 134 Å². The van der Waals surface area contributed by atoms with Gasteiger partial charge in [0.05, 0.1) is 0 Å². The fourth-order valence-electron chi connectivity index (χ4n) is 2.47. The van der Waals surface area contributed by atoms with Crippen LogP contribution in [-0.4, -0.2) is 22.2 Å². The molecule has 5 nitrogen and oxygen atoms in total. The molecule has 3 rings (SSSR count). The Morgan fingerprint density at radius 2 is 1.91 bits per heavy atom. The van der Waals surface area contributed by atoms with Crippen LogP contribution in [0, 0.1) is 6.92 Å². The summed E-state index contributed by atoms with van der Waals surface area (Å²) in [6, 6.07) is 13.6. The number of nitrogens with zero attached hydrogens (tertiary/aromatic N) is 2. The van der Waals surface area contributed by atoms with E-state index in [-0.39, 0.29) is 5.91 Å². The van der Waals surface area contributed by atoms with E-state index in [2.05, 4.69) is 15.0 Å². The average Bonchev–Trinajstić information content (AvgIpc) is 3.22. The van der Waals surface area contributed by atoms with Crippen molar-refractivity contribution in [1.29, 1.82) is 0 Å². The molecule has 5 heteroatoms. The van der Waals surface area contributed by atoms with Gasteiger partial charge in [0.2, 0.25) is 0 Å². The number of nitrogens with one attached hydrogen (secondary N) is 1. The highest BCUT2D eigenvalue weighted by Crippen LogP contribution is 2.25. The van der Waals surface area contributed by atoms with Crippen molar-refractivity contribution in [2.24, 2.45) is 0 Å². The molecule has 0 spiro atoms. The van der Waals surface area contributed by atoms with Crippen LogP contribution in [0.3, 0.4) is 0 Å². The maximum absolute atomic E-state index is 12.2. The van der Waals surface area contributed by atoms with Crippen molar-refractivity contribution < 1.29 is 9.32 Å². The summed E-state index contributed by atoms with van der Waals surface area (Å²) in [6.07, 6.45) is 4.88. The van der Waals surface area contributed by atoms with E-state index < -0.39 is 0 Å². The van der Waals surface area contributed by atoms with Crippen molar-refractivity contribution in [2.75, 3.05) is 6.54 Å². The molecule has 0 fully saturated rings. The fourth-order valence-corrected chi connectivity index (χ4v) is 2.47. The lowest BCUT2D eigenvalue weighted by Crippen LogP contribution is -2.26. The molecule has 0 radical (unpaired) electrons. The van der Waals surface area contributed by atoms with Crippen LogP contribution >= 0.6 is 0 Å². The lowest BCUT2D eigenvalue weighted by Gasteiger charge is -2.05. The molecule has 0 unspecified atom stereocenters. The Hall–Kier alpha value is -2.82. The highest BCUT2D eigenvalue weighted by atomic mass is 16.5. The average molecular weight is 309 g/mol. The molecular weight excluding hydrogens is 290 g/mol. The van der Waals surface area contributed by atoms with Gasteiger partial charge >= 0.3 is 0 Å². The van der Waals surface area contributed by atoms with Gasteiger partial charge in [-0.3, -0.25) is 4.79 Å². The number of carbonyl (C=O) groups is 1. The normalized spacial score (nSPS) is 10.7. The molecule has 0 bridgehead atoms. The van der Waals surface area contributed by atoms with Gasteiger partial charge in [-0.15, -0.1) is 0 Å². The third-order valence-electron chi connectivity index (χ3n) is 3.72. The second kappa shape index (κ2) is 6.96. The van der Waals surface area contributed by atoms with Crippen LogP contribution in [0.15, 0.2) is 59.4 Å². The molecule has 3 aromatic rings. The molecule has 0 saturated heterocycles.